The smallest absolute Gasteiger partial charge is 0.422 e. The maximum Gasteiger partial charge on any atom is 0.422 e. The maximum atomic E-state index is 12.4. The zero-order valence-electron chi connectivity index (χ0n) is 15.0. The van der Waals surface area contributed by atoms with Crippen molar-refractivity contribution in [2.75, 3.05) is 40.3 Å². The number of halogens is 3. The number of methoxy groups -OCH3 is 1. The van der Waals surface area contributed by atoms with E-state index in [1.165, 1.54) is 19.4 Å². The van der Waals surface area contributed by atoms with E-state index in [1.54, 1.807) is 12.1 Å². The fraction of sp³-hybridized carbons (Fsp3) is 0.588. The van der Waals surface area contributed by atoms with Gasteiger partial charge >= 0.3 is 6.18 Å². The summed E-state index contributed by atoms with van der Waals surface area (Å²) >= 11 is 0. The number of ether oxygens (including phenoxy) is 5. The average Bonchev–Trinajstić information content (AvgIpc) is 2.58. The van der Waals surface area contributed by atoms with Crippen molar-refractivity contribution in [2.45, 2.75) is 26.3 Å². The summed E-state index contributed by atoms with van der Waals surface area (Å²) in [6.07, 6.45) is -3.48. The van der Waals surface area contributed by atoms with Crippen molar-refractivity contribution in [3.05, 3.63) is 23.8 Å². The van der Waals surface area contributed by atoms with Crippen LogP contribution in [0.4, 0.5) is 13.2 Å². The zero-order chi connectivity index (χ0) is 19.4. The number of alkyl halides is 3. The van der Waals surface area contributed by atoms with Gasteiger partial charge in [0.15, 0.2) is 31.2 Å². The lowest BCUT2D eigenvalue weighted by atomic mass is 10.2. The van der Waals surface area contributed by atoms with Gasteiger partial charge in [-0.3, -0.25) is 4.99 Å². The van der Waals surface area contributed by atoms with Gasteiger partial charge in [0.25, 0.3) is 0 Å². The molecule has 0 amide bonds. The van der Waals surface area contributed by atoms with Crippen molar-refractivity contribution >= 4 is 6.21 Å². The van der Waals surface area contributed by atoms with E-state index in [0.29, 0.717) is 18.8 Å². The Morgan fingerprint density at radius 2 is 1.81 bits per heavy atom. The van der Waals surface area contributed by atoms with Crippen molar-refractivity contribution in [3.63, 3.8) is 0 Å². The molecule has 9 heteroatoms. The van der Waals surface area contributed by atoms with Gasteiger partial charge < -0.3 is 23.7 Å². The van der Waals surface area contributed by atoms with E-state index in [9.17, 15) is 13.2 Å². The Kier molecular flexibility index (Phi) is 10.0. The lowest BCUT2D eigenvalue weighted by Gasteiger charge is -2.16. The summed E-state index contributed by atoms with van der Waals surface area (Å²) in [5.41, 5.74) is 0.452. The average molecular weight is 379 g/mol. The number of hydrogen-bond acceptors (Lipinski definition) is 6. The fourth-order valence-electron chi connectivity index (χ4n) is 1.94. The standard InChI is InChI=1S/C17H24F3NO5/c1-4-23-15(24-5-2)10-21-9-13-7-6-8-14(16(13)26-12-22-3)25-11-17(18,19)20/h6-9,15H,4-5,10-12H2,1-3H3. The Morgan fingerprint density at radius 1 is 1.12 bits per heavy atom. The minimum atomic E-state index is -4.45. The molecule has 0 N–H and O–H groups in total. The third kappa shape index (κ3) is 8.50. The van der Waals surface area contributed by atoms with E-state index in [2.05, 4.69) is 4.99 Å². The molecule has 0 saturated heterocycles. The van der Waals surface area contributed by atoms with Crippen LogP contribution < -0.4 is 9.47 Å². The molecule has 0 unspecified atom stereocenters. The molecule has 0 bridgehead atoms. The van der Waals surface area contributed by atoms with Crippen LogP contribution in [0.25, 0.3) is 0 Å². The molecule has 0 saturated carbocycles. The van der Waals surface area contributed by atoms with Crippen LogP contribution in [-0.2, 0) is 14.2 Å². The van der Waals surface area contributed by atoms with Crippen LogP contribution in [0.15, 0.2) is 23.2 Å². The van der Waals surface area contributed by atoms with Gasteiger partial charge in [-0.05, 0) is 26.0 Å². The summed E-state index contributed by atoms with van der Waals surface area (Å²) < 4.78 is 63.0. The van der Waals surface area contributed by atoms with Gasteiger partial charge in [0.05, 0.1) is 6.54 Å². The molecule has 0 aliphatic carbocycles. The highest BCUT2D eigenvalue weighted by Crippen LogP contribution is 2.32. The Bertz CT molecular complexity index is 546. The van der Waals surface area contributed by atoms with Crippen molar-refractivity contribution in [3.8, 4) is 11.5 Å². The molecule has 148 valence electrons. The molecule has 1 aromatic rings. The first-order chi connectivity index (χ1) is 12.4. The van der Waals surface area contributed by atoms with Gasteiger partial charge in [0.2, 0.25) is 0 Å². The van der Waals surface area contributed by atoms with Gasteiger partial charge in [-0.2, -0.15) is 13.2 Å². The quantitative estimate of drug-likeness (QED) is 0.411. The summed E-state index contributed by atoms with van der Waals surface area (Å²) in [6.45, 7) is 3.30. The Balaban J connectivity index is 2.92. The number of rotatable bonds is 12. The minimum Gasteiger partial charge on any atom is -0.480 e. The van der Waals surface area contributed by atoms with Crippen molar-refractivity contribution in [2.24, 2.45) is 4.99 Å². The highest BCUT2D eigenvalue weighted by Gasteiger charge is 2.29. The largest absolute Gasteiger partial charge is 0.480 e. The number of benzene rings is 1. The molecule has 0 heterocycles. The van der Waals surface area contributed by atoms with Crippen LogP contribution in [0, 0.1) is 0 Å². The molecule has 0 aliphatic heterocycles. The van der Waals surface area contributed by atoms with E-state index < -0.39 is 19.1 Å². The second-order valence-corrected chi connectivity index (χ2v) is 4.96. The predicted molar refractivity (Wildman–Crippen MR) is 90.0 cm³/mol. The monoisotopic (exact) mass is 379 g/mol. The van der Waals surface area contributed by atoms with Crippen LogP contribution in [0.1, 0.15) is 19.4 Å². The third-order valence-electron chi connectivity index (χ3n) is 2.91. The third-order valence-corrected chi connectivity index (χ3v) is 2.91. The van der Waals surface area contributed by atoms with Crippen LogP contribution in [0.3, 0.4) is 0 Å². The topological polar surface area (TPSA) is 58.5 Å². The summed E-state index contributed by atoms with van der Waals surface area (Å²) in [5, 5.41) is 0. The van der Waals surface area contributed by atoms with Crippen LogP contribution in [-0.4, -0.2) is 58.9 Å². The molecule has 0 aromatic heterocycles. The van der Waals surface area contributed by atoms with Crippen LogP contribution >= 0.6 is 0 Å². The summed E-state index contributed by atoms with van der Waals surface area (Å²) in [7, 11) is 1.40. The number of aliphatic imine (C=N–C) groups is 1. The van der Waals surface area contributed by atoms with Crippen molar-refractivity contribution in [1.29, 1.82) is 0 Å². The summed E-state index contributed by atoms with van der Waals surface area (Å²) in [5.74, 6) is 0.0706. The maximum absolute atomic E-state index is 12.4. The Labute approximate surface area is 150 Å². The molecular weight excluding hydrogens is 355 g/mol. The molecule has 1 aromatic carbocycles. The number of hydrogen-bond donors (Lipinski definition) is 0. The first-order valence-corrected chi connectivity index (χ1v) is 8.08. The predicted octanol–water partition coefficient (Wildman–Crippen LogP) is 3.43. The first kappa shape index (κ1) is 22.2. The van der Waals surface area contributed by atoms with Gasteiger partial charge in [-0.1, -0.05) is 6.07 Å². The summed E-state index contributed by atoms with van der Waals surface area (Å²) in [4.78, 5) is 4.22. The van der Waals surface area contributed by atoms with Gasteiger partial charge in [0.1, 0.15) is 0 Å². The SMILES string of the molecule is CCOC(CN=Cc1cccc(OCC(F)(F)F)c1OCOC)OCC. The number of para-hydroxylation sites is 1. The molecule has 0 radical (unpaired) electrons. The molecule has 0 atom stereocenters. The van der Waals surface area contributed by atoms with E-state index in [4.69, 9.17) is 23.7 Å². The van der Waals surface area contributed by atoms with E-state index in [1.807, 2.05) is 13.8 Å². The second-order valence-electron chi connectivity index (χ2n) is 4.96. The molecule has 1 rings (SSSR count). The lowest BCUT2D eigenvalue weighted by Crippen LogP contribution is -2.21. The van der Waals surface area contributed by atoms with E-state index in [0.717, 1.165) is 0 Å². The van der Waals surface area contributed by atoms with E-state index >= 15 is 0 Å². The van der Waals surface area contributed by atoms with Crippen molar-refractivity contribution in [1.82, 2.24) is 0 Å². The second kappa shape index (κ2) is 11.7. The summed E-state index contributed by atoms with van der Waals surface area (Å²) in [6, 6.07) is 4.58. The first-order valence-electron chi connectivity index (χ1n) is 8.08. The molecule has 26 heavy (non-hydrogen) atoms. The number of nitrogens with zero attached hydrogens (tertiary/aromatic N) is 1. The molecule has 0 spiro atoms. The van der Waals surface area contributed by atoms with Gasteiger partial charge in [-0.25, -0.2) is 0 Å². The zero-order valence-corrected chi connectivity index (χ0v) is 15.0. The van der Waals surface area contributed by atoms with Crippen molar-refractivity contribution < 1.29 is 36.9 Å². The molecule has 0 aliphatic rings. The molecular formula is C17H24F3NO5. The normalized spacial score (nSPS) is 12.1. The lowest BCUT2D eigenvalue weighted by molar-refractivity contribution is -0.153. The van der Waals surface area contributed by atoms with Crippen LogP contribution in [0.5, 0.6) is 11.5 Å². The Hall–Kier alpha value is -1.84. The van der Waals surface area contributed by atoms with Crippen LogP contribution in [0.2, 0.25) is 0 Å². The molecule has 0 fully saturated rings. The highest BCUT2D eigenvalue weighted by molar-refractivity contribution is 5.85. The fourth-order valence-corrected chi connectivity index (χ4v) is 1.94. The molecule has 6 nitrogen and oxygen atoms in total. The van der Waals surface area contributed by atoms with E-state index in [-0.39, 0.29) is 24.8 Å². The minimum absolute atomic E-state index is 0.0468. The Morgan fingerprint density at radius 3 is 2.38 bits per heavy atom. The van der Waals surface area contributed by atoms with Gasteiger partial charge in [0, 0.05) is 32.1 Å². The van der Waals surface area contributed by atoms with Gasteiger partial charge in [-0.15, -0.1) is 0 Å². The highest BCUT2D eigenvalue weighted by atomic mass is 19.4.